The first-order chi connectivity index (χ1) is 8.07. The van der Waals surface area contributed by atoms with Crippen molar-refractivity contribution >= 4 is 17.6 Å². The lowest BCUT2D eigenvalue weighted by Gasteiger charge is -2.41. The minimum Gasteiger partial charge on any atom is -0.495 e. The molecule has 1 aromatic carbocycles. The molecule has 92 valence electrons. The maximum absolute atomic E-state index is 10.9. The molecule has 0 bridgehead atoms. The van der Waals surface area contributed by atoms with Gasteiger partial charge < -0.3 is 14.6 Å². The van der Waals surface area contributed by atoms with Crippen LogP contribution in [0.1, 0.15) is 12.0 Å². The summed E-state index contributed by atoms with van der Waals surface area (Å²) in [7, 11) is 1.54. The molecular formula is C12H13ClO4. The van der Waals surface area contributed by atoms with E-state index in [4.69, 9.17) is 26.2 Å². The van der Waals surface area contributed by atoms with Crippen molar-refractivity contribution in [2.45, 2.75) is 11.8 Å². The summed E-state index contributed by atoms with van der Waals surface area (Å²) in [6.45, 7) is 0.837. The molecule has 1 fully saturated rings. The number of aliphatic carboxylic acids is 1. The van der Waals surface area contributed by atoms with Gasteiger partial charge in [-0.3, -0.25) is 4.79 Å². The summed E-state index contributed by atoms with van der Waals surface area (Å²) in [6.07, 6.45) is 0.0512. The fourth-order valence-electron chi connectivity index (χ4n) is 2.00. The minimum absolute atomic E-state index is 0.0512. The van der Waals surface area contributed by atoms with Gasteiger partial charge in [0.1, 0.15) is 5.75 Å². The Balaban J connectivity index is 2.31. The number of hydrogen-bond acceptors (Lipinski definition) is 3. The van der Waals surface area contributed by atoms with Gasteiger partial charge in [-0.2, -0.15) is 0 Å². The Hall–Kier alpha value is -1.26. The Kier molecular flexibility index (Phi) is 3.26. The van der Waals surface area contributed by atoms with Crippen molar-refractivity contribution in [1.29, 1.82) is 0 Å². The zero-order chi connectivity index (χ0) is 12.5. The van der Waals surface area contributed by atoms with E-state index in [1.165, 1.54) is 0 Å². The molecule has 0 saturated carbocycles. The van der Waals surface area contributed by atoms with E-state index in [0.717, 1.165) is 5.56 Å². The summed E-state index contributed by atoms with van der Waals surface area (Å²) in [5, 5.41) is 9.42. The Morgan fingerprint density at radius 1 is 1.59 bits per heavy atom. The summed E-state index contributed by atoms with van der Waals surface area (Å²) < 4.78 is 10.2. The Labute approximate surface area is 104 Å². The molecule has 5 heteroatoms. The van der Waals surface area contributed by atoms with E-state index in [2.05, 4.69) is 0 Å². The largest absolute Gasteiger partial charge is 0.495 e. The molecule has 1 heterocycles. The average Bonchev–Trinajstić information content (AvgIpc) is 2.23. The third-order valence-corrected chi connectivity index (χ3v) is 3.31. The monoisotopic (exact) mass is 256 g/mol. The maximum Gasteiger partial charge on any atom is 0.304 e. The van der Waals surface area contributed by atoms with Gasteiger partial charge in [-0.1, -0.05) is 17.7 Å². The third-order valence-electron chi connectivity index (χ3n) is 3.01. The van der Waals surface area contributed by atoms with Crippen LogP contribution in [0.4, 0.5) is 0 Å². The molecule has 0 aliphatic carbocycles. The first kappa shape index (κ1) is 12.2. The van der Waals surface area contributed by atoms with E-state index in [0.29, 0.717) is 24.0 Å². The van der Waals surface area contributed by atoms with Crippen LogP contribution in [0, 0.1) is 0 Å². The fourth-order valence-corrected chi connectivity index (χ4v) is 2.26. The molecule has 1 saturated heterocycles. The van der Waals surface area contributed by atoms with Crippen LogP contribution in [-0.2, 0) is 14.9 Å². The van der Waals surface area contributed by atoms with E-state index in [1.54, 1.807) is 19.2 Å². The van der Waals surface area contributed by atoms with Gasteiger partial charge >= 0.3 is 5.97 Å². The van der Waals surface area contributed by atoms with Crippen molar-refractivity contribution in [3.8, 4) is 5.75 Å². The van der Waals surface area contributed by atoms with Gasteiger partial charge in [-0.15, -0.1) is 0 Å². The summed E-state index contributed by atoms with van der Waals surface area (Å²) in [5.74, 6) is -0.249. The maximum atomic E-state index is 10.9. The summed E-state index contributed by atoms with van der Waals surface area (Å²) in [4.78, 5) is 10.9. The van der Waals surface area contributed by atoms with Gasteiger partial charge in [-0.25, -0.2) is 0 Å². The second-order valence-electron chi connectivity index (χ2n) is 4.19. The number of carboxylic acids is 1. The van der Waals surface area contributed by atoms with Crippen LogP contribution in [0.25, 0.3) is 0 Å². The molecule has 0 spiro atoms. The third kappa shape index (κ3) is 2.23. The molecule has 0 unspecified atom stereocenters. The number of methoxy groups -OCH3 is 1. The molecule has 0 amide bonds. The first-order valence-corrected chi connectivity index (χ1v) is 5.59. The number of rotatable bonds is 4. The topological polar surface area (TPSA) is 55.8 Å². The average molecular weight is 257 g/mol. The summed E-state index contributed by atoms with van der Waals surface area (Å²) >= 11 is 6.04. The van der Waals surface area contributed by atoms with E-state index in [9.17, 15) is 4.79 Å². The Bertz CT molecular complexity index is 440. The van der Waals surface area contributed by atoms with Crippen LogP contribution >= 0.6 is 11.6 Å². The molecular weight excluding hydrogens is 244 g/mol. The van der Waals surface area contributed by atoms with Crippen molar-refractivity contribution < 1.29 is 19.4 Å². The van der Waals surface area contributed by atoms with Crippen LogP contribution < -0.4 is 4.74 Å². The quantitative estimate of drug-likeness (QED) is 0.896. The van der Waals surface area contributed by atoms with E-state index in [-0.39, 0.29) is 6.42 Å². The number of ether oxygens (including phenoxy) is 2. The Morgan fingerprint density at radius 3 is 2.71 bits per heavy atom. The predicted octanol–water partition coefficient (Wildman–Crippen LogP) is 2.09. The molecule has 0 atom stereocenters. The molecule has 0 aromatic heterocycles. The zero-order valence-corrected chi connectivity index (χ0v) is 10.2. The van der Waals surface area contributed by atoms with Gasteiger partial charge in [0.25, 0.3) is 0 Å². The lowest BCUT2D eigenvalue weighted by molar-refractivity contribution is -0.145. The number of benzene rings is 1. The highest BCUT2D eigenvalue weighted by molar-refractivity contribution is 6.32. The Morgan fingerprint density at radius 2 is 2.29 bits per heavy atom. The van der Waals surface area contributed by atoms with Gasteiger partial charge in [0.2, 0.25) is 0 Å². The predicted molar refractivity (Wildman–Crippen MR) is 62.8 cm³/mol. The van der Waals surface area contributed by atoms with Crippen molar-refractivity contribution in [3.05, 3.63) is 28.8 Å². The normalized spacial score (nSPS) is 17.3. The van der Waals surface area contributed by atoms with Crippen molar-refractivity contribution in [1.82, 2.24) is 0 Å². The molecule has 1 N–H and O–H groups in total. The lowest BCUT2D eigenvalue weighted by atomic mass is 9.76. The minimum atomic E-state index is -0.833. The van der Waals surface area contributed by atoms with Crippen molar-refractivity contribution in [3.63, 3.8) is 0 Å². The SMILES string of the molecule is COc1ccc(C2(CC(=O)O)COC2)cc1Cl. The molecule has 1 aliphatic rings. The van der Waals surface area contributed by atoms with Gasteiger partial charge in [0.05, 0.1) is 37.2 Å². The first-order valence-electron chi connectivity index (χ1n) is 5.21. The number of halogens is 1. The zero-order valence-electron chi connectivity index (χ0n) is 9.40. The van der Waals surface area contributed by atoms with E-state index >= 15 is 0 Å². The number of hydrogen-bond donors (Lipinski definition) is 1. The van der Waals surface area contributed by atoms with Crippen molar-refractivity contribution in [2.75, 3.05) is 20.3 Å². The van der Waals surface area contributed by atoms with Crippen molar-refractivity contribution in [2.24, 2.45) is 0 Å². The fraction of sp³-hybridized carbons (Fsp3) is 0.417. The molecule has 2 rings (SSSR count). The van der Waals surface area contributed by atoms with Crippen LogP contribution in [0.15, 0.2) is 18.2 Å². The van der Waals surface area contributed by atoms with Crippen LogP contribution in [0.2, 0.25) is 5.02 Å². The molecule has 1 aliphatic heterocycles. The van der Waals surface area contributed by atoms with E-state index in [1.807, 2.05) is 6.07 Å². The van der Waals surface area contributed by atoms with Crippen LogP contribution in [0.5, 0.6) is 5.75 Å². The standard InChI is InChI=1S/C12H13ClO4/c1-16-10-3-2-8(4-9(10)13)12(5-11(14)15)6-17-7-12/h2-4H,5-7H2,1H3,(H,14,15). The molecule has 4 nitrogen and oxygen atoms in total. The van der Waals surface area contributed by atoms with E-state index < -0.39 is 11.4 Å². The molecule has 1 aromatic rings. The lowest BCUT2D eigenvalue weighted by Crippen LogP contribution is -2.48. The summed E-state index contributed by atoms with van der Waals surface area (Å²) in [5.41, 5.74) is 0.443. The smallest absolute Gasteiger partial charge is 0.304 e. The second kappa shape index (κ2) is 4.55. The second-order valence-corrected chi connectivity index (χ2v) is 4.60. The molecule has 17 heavy (non-hydrogen) atoms. The highest BCUT2D eigenvalue weighted by atomic mass is 35.5. The number of carbonyl (C=O) groups is 1. The summed E-state index contributed by atoms with van der Waals surface area (Å²) in [6, 6.07) is 5.35. The highest BCUT2D eigenvalue weighted by Crippen LogP contribution is 2.38. The van der Waals surface area contributed by atoms with Crippen LogP contribution in [0.3, 0.4) is 0 Å². The number of carboxylic acid groups (broad SMARTS) is 1. The van der Waals surface area contributed by atoms with Crippen LogP contribution in [-0.4, -0.2) is 31.4 Å². The van der Waals surface area contributed by atoms with Gasteiger partial charge in [0, 0.05) is 0 Å². The van der Waals surface area contributed by atoms with Gasteiger partial charge in [0.15, 0.2) is 0 Å². The van der Waals surface area contributed by atoms with Gasteiger partial charge in [-0.05, 0) is 17.7 Å². The molecule has 0 radical (unpaired) electrons. The highest BCUT2D eigenvalue weighted by Gasteiger charge is 2.42.